The molecule has 6 heteroatoms. The Balaban J connectivity index is 1.51. The Bertz CT molecular complexity index is 819. The summed E-state index contributed by atoms with van der Waals surface area (Å²) in [5.41, 5.74) is 1.86. The Labute approximate surface area is 154 Å². The number of allylic oxidation sites excluding steroid dienone is 1. The van der Waals surface area contributed by atoms with E-state index in [9.17, 15) is 4.79 Å². The molecule has 1 N–H and O–H groups in total. The lowest BCUT2D eigenvalue weighted by atomic mass is 9.83. The highest BCUT2D eigenvalue weighted by atomic mass is 16.2. The first-order chi connectivity index (χ1) is 12.6. The van der Waals surface area contributed by atoms with Gasteiger partial charge in [-0.2, -0.15) is 0 Å². The molecule has 0 unspecified atom stereocenters. The number of para-hydroxylation sites is 2. The molecule has 2 aliphatic heterocycles. The van der Waals surface area contributed by atoms with Gasteiger partial charge in [0.1, 0.15) is 11.4 Å². The first-order valence-corrected chi connectivity index (χ1v) is 9.41. The standard InChI is InChI=1S/C20H27N5O/c1-3-11-25-17-7-5-4-6-16(17)22-18(25)15-24-12-8-20(9-13-24)19(26)21-10-14-23(20)2/h3-7H,1,8-15H2,2H3,(H,21,26). The average Bonchev–Trinajstić information content (AvgIpc) is 2.99. The van der Waals surface area contributed by atoms with Gasteiger partial charge in [-0.05, 0) is 32.0 Å². The van der Waals surface area contributed by atoms with E-state index in [1.165, 1.54) is 0 Å². The average molecular weight is 353 g/mol. The number of likely N-dealkylation sites (tertiary alicyclic amines) is 1. The van der Waals surface area contributed by atoms with E-state index < -0.39 is 0 Å². The number of likely N-dealkylation sites (N-methyl/N-ethyl adjacent to an activating group) is 1. The van der Waals surface area contributed by atoms with Crippen LogP contribution >= 0.6 is 0 Å². The van der Waals surface area contributed by atoms with Gasteiger partial charge in [0, 0.05) is 32.7 Å². The van der Waals surface area contributed by atoms with Gasteiger partial charge < -0.3 is 9.88 Å². The summed E-state index contributed by atoms with van der Waals surface area (Å²) in [5.74, 6) is 1.27. The van der Waals surface area contributed by atoms with Crippen molar-refractivity contribution in [1.29, 1.82) is 0 Å². The number of hydrogen-bond acceptors (Lipinski definition) is 4. The summed E-state index contributed by atoms with van der Waals surface area (Å²) in [4.78, 5) is 22.0. The van der Waals surface area contributed by atoms with Crippen LogP contribution in [0, 0.1) is 0 Å². The zero-order valence-electron chi connectivity index (χ0n) is 15.4. The van der Waals surface area contributed by atoms with E-state index in [-0.39, 0.29) is 11.4 Å². The molecule has 138 valence electrons. The van der Waals surface area contributed by atoms with Gasteiger partial charge in [0.2, 0.25) is 5.91 Å². The van der Waals surface area contributed by atoms with Crippen molar-refractivity contribution >= 4 is 16.9 Å². The zero-order chi connectivity index (χ0) is 18.1. The third-order valence-electron chi connectivity index (χ3n) is 5.98. The summed E-state index contributed by atoms with van der Waals surface area (Å²) in [6, 6.07) is 8.25. The number of carbonyl (C=O) groups is 1. The van der Waals surface area contributed by atoms with Crippen molar-refractivity contribution in [3.05, 3.63) is 42.7 Å². The third-order valence-corrected chi connectivity index (χ3v) is 5.98. The second kappa shape index (κ2) is 6.85. The molecule has 0 atom stereocenters. The first-order valence-electron chi connectivity index (χ1n) is 9.41. The van der Waals surface area contributed by atoms with Crippen LogP contribution in [-0.2, 0) is 17.9 Å². The summed E-state index contributed by atoms with van der Waals surface area (Å²) in [6.07, 6.45) is 3.66. The number of hydrogen-bond donors (Lipinski definition) is 1. The van der Waals surface area contributed by atoms with Crippen LogP contribution in [0.1, 0.15) is 18.7 Å². The van der Waals surface area contributed by atoms with Crippen molar-refractivity contribution < 1.29 is 4.79 Å². The molecule has 1 amide bonds. The second-order valence-corrected chi connectivity index (χ2v) is 7.40. The maximum absolute atomic E-state index is 12.5. The lowest BCUT2D eigenvalue weighted by Crippen LogP contribution is -2.66. The van der Waals surface area contributed by atoms with Gasteiger partial charge in [-0.15, -0.1) is 6.58 Å². The number of nitrogens with one attached hydrogen (secondary N) is 1. The Kier molecular flexibility index (Phi) is 4.54. The fourth-order valence-corrected chi connectivity index (χ4v) is 4.36. The number of nitrogens with zero attached hydrogens (tertiary/aromatic N) is 4. The van der Waals surface area contributed by atoms with Crippen molar-refractivity contribution in [3.8, 4) is 0 Å². The van der Waals surface area contributed by atoms with Gasteiger partial charge in [0.15, 0.2) is 0 Å². The molecule has 26 heavy (non-hydrogen) atoms. The van der Waals surface area contributed by atoms with Gasteiger partial charge in [-0.1, -0.05) is 18.2 Å². The minimum atomic E-state index is -0.323. The second-order valence-electron chi connectivity index (χ2n) is 7.40. The molecule has 1 aromatic heterocycles. The Morgan fingerprint density at radius 1 is 1.27 bits per heavy atom. The maximum Gasteiger partial charge on any atom is 0.240 e. The van der Waals surface area contributed by atoms with E-state index >= 15 is 0 Å². The van der Waals surface area contributed by atoms with E-state index in [2.05, 4.69) is 51.5 Å². The molecule has 2 fully saturated rings. The molecule has 3 heterocycles. The largest absolute Gasteiger partial charge is 0.353 e. The van der Waals surface area contributed by atoms with Gasteiger partial charge in [0.25, 0.3) is 0 Å². The molecule has 0 saturated carbocycles. The third kappa shape index (κ3) is 2.83. The number of piperidine rings is 1. The molecule has 0 aliphatic carbocycles. The van der Waals surface area contributed by atoms with Crippen molar-refractivity contribution in [1.82, 2.24) is 24.7 Å². The molecule has 2 saturated heterocycles. The molecule has 0 radical (unpaired) electrons. The fraction of sp³-hybridized carbons (Fsp3) is 0.500. The van der Waals surface area contributed by atoms with Crippen LogP contribution in [0.15, 0.2) is 36.9 Å². The topological polar surface area (TPSA) is 53.4 Å². The molecular weight excluding hydrogens is 326 g/mol. The van der Waals surface area contributed by atoms with Crippen LogP contribution in [-0.4, -0.2) is 64.0 Å². The van der Waals surface area contributed by atoms with E-state index in [1.807, 2.05) is 12.1 Å². The van der Waals surface area contributed by atoms with Crippen LogP contribution in [0.25, 0.3) is 11.0 Å². The van der Waals surface area contributed by atoms with Crippen molar-refractivity contribution in [2.24, 2.45) is 0 Å². The predicted molar refractivity (Wildman–Crippen MR) is 103 cm³/mol. The van der Waals surface area contributed by atoms with E-state index in [0.29, 0.717) is 0 Å². The van der Waals surface area contributed by atoms with E-state index in [0.717, 1.165) is 69.0 Å². The molecule has 0 bridgehead atoms. The highest BCUT2D eigenvalue weighted by Crippen LogP contribution is 2.30. The molecule has 2 aromatic rings. The summed E-state index contributed by atoms with van der Waals surface area (Å²) >= 11 is 0. The molecule has 2 aliphatic rings. The lowest BCUT2D eigenvalue weighted by molar-refractivity contribution is -0.140. The Hall–Kier alpha value is -2.18. The zero-order valence-corrected chi connectivity index (χ0v) is 15.4. The molecule has 1 aromatic carbocycles. The van der Waals surface area contributed by atoms with Crippen molar-refractivity contribution in [3.63, 3.8) is 0 Å². The van der Waals surface area contributed by atoms with Crippen molar-refractivity contribution in [2.45, 2.75) is 31.5 Å². The number of rotatable bonds is 4. The number of benzene rings is 1. The minimum absolute atomic E-state index is 0.199. The van der Waals surface area contributed by atoms with Crippen LogP contribution in [0.5, 0.6) is 0 Å². The van der Waals surface area contributed by atoms with Gasteiger partial charge in [0.05, 0.1) is 17.6 Å². The highest BCUT2D eigenvalue weighted by Gasteiger charge is 2.46. The Morgan fingerprint density at radius 2 is 2.04 bits per heavy atom. The monoisotopic (exact) mass is 353 g/mol. The van der Waals surface area contributed by atoms with Gasteiger partial charge in [-0.3, -0.25) is 14.6 Å². The van der Waals surface area contributed by atoms with Crippen molar-refractivity contribution in [2.75, 3.05) is 33.2 Å². The van der Waals surface area contributed by atoms with E-state index in [1.54, 1.807) is 0 Å². The molecule has 6 nitrogen and oxygen atoms in total. The van der Waals surface area contributed by atoms with Crippen LogP contribution < -0.4 is 5.32 Å². The summed E-state index contributed by atoms with van der Waals surface area (Å²) in [5, 5.41) is 3.05. The number of amides is 1. The summed E-state index contributed by atoms with van der Waals surface area (Å²) in [7, 11) is 2.08. The number of imidazole rings is 1. The molecule has 1 spiro atoms. The van der Waals surface area contributed by atoms with Crippen LogP contribution in [0.3, 0.4) is 0 Å². The fourth-order valence-electron chi connectivity index (χ4n) is 4.36. The normalized spacial score (nSPS) is 21.2. The lowest BCUT2D eigenvalue weighted by Gasteiger charge is -2.48. The number of carbonyl (C=O) groups excluding carboxylic acids is 1. The molecular formula is C20H27N5O. The SMILES string of the molecule is C=CCn1c(CN2CCC3(CC2)C(=O)NCCN3C)nc2ccccc21. The van der Waals surface area contributed by atoms with Crippen LogP contribution in [0.4, 0.5) is 0 Å². The maximum atomic E-state index is 12.5. The van der Waals surface area contributed by atoms with Crippen LogP contribution in [0.2, 0.25) is 0 Å². The van der Waals surface area contributed by atoms with E-state index in [4.69, 9.17) is 4.98 Å². The molecule has 4 rings (SSSR count). The quantitative estimate of drug-likeness (QED) is 0.849. The first kappa shape index (κ1) is 17.2. The predicted octanol–water partition coefficient (Wildman–Crippen LogP) is 1.62. The summed E-state index contributed by atoms with van der Waals surface area (Å²) in [6.45, 7) is 8.98. The number of aromatic nitrogens is 2. The number of piperazine rings is 1. The Morgan fingerprint density at radius 3 is 2.77 bits per heavy atom. The smallest absolute Gasteiger partial charge is 0.240 e. The highest BCUT2D eigenvalue weighted by molar-refractivity contribution is 5.87. The minimum Gasteiger partial charge on any atom is -0.353 e. The van der Waals surface area contributed by atoms with Gasteiger partial charge in [-0.25, -0.2) is 4.98 Å². The number of fused-ring (bicyclic) bond motifs is 1. The van der Waals surface area contributed by atoms with Gasteiger partial charge >= 0.3 is 0 Å². The summed E-state index contributed by atoms with van der Waals surface area (Å²) < 4.78 is 2.24.